The van der Waals surface area contributed by atoms with Crippen LogP contribution in [0.5, 0.6) is 0 Å². The van der Waals surface area contributed by atoms with E-state index in [1.54, 1.807) is 12.4 Å². The number of nitrogens with zero attached hydrogens (tertiary/aromatic N) is 5. The van der Waals surface area contributed by atoms with E-state index in [9.17, 15) is 0 Å². The summed E-state index contributed by atoms with van der Waals surface area (Å²) < 4.78 is 0. The van der Waals surface area contributed by atoms with Crippen molar-refractivity contribution >= 4 is 0 Å². The van der Waals surface area contributed by atoms with Gasteiger partial charge < -0.3 is 0 Å². The van der Waals surface area contributed by atoms with Gasteiger partial charge in [0.25, 0.3) is 0 Å². The van der Waals surface area contributed by atoms with E-state index < -0.39 is 5.41 Å². The van der Waals surface area contributed by atoms with Gasteiger partial charge in [0.05, 0.1) is 5.41 Å². The van der Waals surface area contributed by atoms with Crippen molar-refractivity contribution in [1.29, 1.82) is 0 Å². The molecule has 4 aromatic carbocycles. The molecule has 7 aromatic rings. The maximum absolute atomic E-state index is 4.86. The molecule has 0 unspecified atom stereocenters. The van der Waals surface area contributed by atoms with Crippen LogP contribution in [0.2, 0.25) is 0 Å². The molecule has 5 nitrogen and oxygen atoms in total. The van der Waals surface area contributed by atoms with Crippen LogP contribution in [0, 0.1) is 0 Å². The molecule has 1 aliphatic rings. The molecule has 0 atom stereocenters. The molecule has 0 radical (unpaired) electrons. The quantitative estimate of drug-likeness (QED) is 0.217. The number of hydrogen-bond acceptors (Lipinski definition) is 5. The van der Waals surface area contributed by atoms with Gasteiger partial charge in [0, 0.05) is 18.0 Å². The van der Waals surface area contributed by atoms with Crippen LogP contribution in [-0.2, 0) is 5.41 Å². The van der Waals surface area contributed by atoms with Gasteiger partial charge in [-0.15, -0.1) is 0 Å². The molecule has 0 fully saturated rings. The maximum atomic E-state index is 4.86. The van der Waals surface area contributed by atoms with Crippen LogP contribution in [-0.4, -0.2) is 24.9 Å². The zero-order valence-corrected chi connectivity index (χ0v) is 23.2. The van der Waals surface area contributed by atoms with Gasteiger partial charge >= 0.3 is 0 Å². The fraction of sp³-hybridized carbons (Fsp3) is 0.0263. The molecule has 8 rings (SSSR count). The summed E-state index contributed by atoms with van der Waals surface area (Å²) >= 11 is 0. The molecule has 0 spiro atoms. The molecule has 202 valence electrons. The van der Waals surface area contributed by atoms with Crippen LogP contribution in [0.1, 0.15) is 22.3 Å². The molecule has 0 N–H and O–H groups in total. The van der Waals surface area contributed by atoms with Crippen LogP contribution < -0.4 is 0 Å². The SMILES string of the molecule is c1ccc(C2(c3ccc(-c4nc(-c5ccccn5)nc(-c5ccccn5)n4)cc3)c3ccccc3-c3ccccc32)cc1. The first-order chi connectivity index (χ1) is 21.3. The van der Waals surface area contributed by atoms with Crippen LogP contribution in [0.4, 0.5) is 0 Å². The Kier molecular flexibility index (Phi) is 5.93. The Hall–Kier alpha value is -5.81. The van der Waals surface area contributed by atoms with Gasteiger partial charge in [-0.05, 0) is 57.6 Å². The summed E-state index contributed by atoms with van der Waals surface area (Å²) in [7, 11) is 0. The first kappa shape index (κ1) is 24.9. The van der Waals surface area contributed by atoms with Gasteiger partial charge in [-0.2, -0.15) is 0 Å². The molecule has 0 bridgehead atoms. The third kappa shape index (κ3) is 4.05. The Bertz CT molecular complexity index is 1960. The fourth-order valence-electron chi connectivity index (χ4n) is 6.31. The predicted molar refractivity (Wildman–Crippen MR) is 169 cm³/mol. The normalized spacial score (nSPS) is 12.8. The zero-order valence-electron chi connectivity index (χ0n) is 23.2. The van der Waals surface area contributed by atoms with E-state index in [1.807, 2.05) is 36.4 Å². The molecule has 0 saturated heterocycles. The van der Waals surface area contributed by atoms with E-state index in [0.29, 0.717) is 28.9 Å². The van der Waals surface area contributed by atoms with Gasteiger partial charge in [0.2, 0.25) is 0 Å². The Balaban J connectivity index is 1.31. The van der Waals surface area contributed by atoms with E-state index >= 15 is 0 Å². The van der Waals surface area contributed by atoms with Crippen molar-refractivity contribution in [1.82, 2.24) is 24.9 Å². The number of aromatic nitrogens is 5. The summed E-state index contributed by atoms with van der Waals surface area (Å²) in [6.07, 6.45) is 3.49. The number of rotatable bonds is 5. The van der Waals surface area contributed by atoms with E-state index in [-0.39, 0.29) is 0 Å². The summed E-state index contributed by atoms with van der Waals surface area (Å²) in [6.45, 7) is 0. The highest BCUT2D eigenvalue weighted by Crippen LogP contribution is 2.55. The molecule has 0 amide bonds. The number of hydrogen-bond donors (Lipinski definition) is 0. The molecule has 0 aliphatic heterocycles. The van der Waals surface area contributed by atoms with Gasteiger partial charge in [-0.3, -0.25) is 9.97 Å². The third-order valence-corrected chi connectivity index (χ3v) is 8.16. The molecule has 3 heterocycles. The summed E-state index contributed by atoms with van der Waals surface area (Å²) in [6, 6.07) is 48.4. The molecule has 3 aromatic heterocycles. The molecule has 0 saturated carbocycles. The Morgan fingerprint density at radius 2 is 0.837 bits per heavy atom. The molecular formula is C38H25N5. The van der Waals surface area contributed by atoms with Crippen molar-refractivity contribution in [2.24, 2.45) is 0 Å². The van der Waals surface area contributed by atoms with Gasteiger partial charge in [-0.1, -0.05) is 115 Å². The summed E-state index contributed by atoms with van der Waals surface area (Å²) in [5.41, 5.74) is 9.32. The zero-order chi connectivity index (χ0) is 28.6. The van der Waals surface area contributed by atoms with Crippen LogP contribution in [0.25, 0.3) is 45.6 Å². The van der Waals surface area contributed by atoms with Crippen molar-refractivity contribution in [3.63, 3.8) is 0 Å². The lowest BCUT2D eigenvalue weighted by molar-refractivity contribution is 0.768. The minimum atomic E-state index is -0.454. The third-order valence-electron chi connectivity index (χ3n) is 8.16. The average Bonchev–Trinajstić information content (AvgIpc) is 3.40. The summed E-state index contributed by atoms with van der Waals surface area (Å²) in [5.74, 6) is 1.59. The van der Waals surface area contributed by atoms with Crippen LogP contribution >= 0.6 is 0 Å². The average molecular weight is 552 g/mol. The van der Waals surface area contributed by atoms with Gasteiger partial charge in [0.1, 0.15) is 11.4 Å². The molecular weight excluding hydrogens is 526 g/mol. The second-order valence-corrected chi connectivity index (χ2v) is 10.5. The standard InChI is InChI=1S/C38H25N5/c1-2-12-27(13-3-1)38(31-16-6-4-14-29(31)30-15-5-7-17-32(30)38)28-22-20-26(21-23-28)35-41-36(33-18-8-10-24-39-33)43-37(42-35)34-19-9-11-25-40-34/h1-25H. The fourth-order valence-corrected chi connectivity index (χ4v) is 6.31. The highest BCUT2D eigenvalue weighted by atomic mass is 15.1. The smallest absolute Gasteiger partial charge is 0.182 e. The number of benzene rings is 4. The first-order valence-corrected chi connectivity index (χ1v) is 14.3. The molecule has 1 aliphatic carbocycles. The van der Waals surface area contributed by atoms with Crippen molar-refractivity contribution in [3.05, 3.63) is 174 Å². The van der Waals surface area contributed by atoms with Gasteiger partial charge in [-0.25, -0.2) is 15.0 Å². The Morgan fingerprint density at radius 1 is 0.372 bits per heavy atom. The summed E-state index contributed by atoms with van der Waals surface area (Å²) in [4.78, 5) is 23.5. The van der Waals surface area contributed by atoms with E-state index in [4.69, 9.17) is 15.0 Å². The highest BCUT2D eigenvalue weighted by Gasteiger charge is 2.45. The van der Waals surface area contributed by atoms with E-state index in [2.05, 4.69) is 113 Å². The number of pyridine rings is 2. The van der Waals surface area contributed by atoms with E-state index in [0.717, 1.165) is 5.56 Å². The van der Waals surface area contributed by atoms with E-state index in [1.165, 1.54) is 33.4 Å². The van der Waals surface area contributed by atoms with Crippen molar-refractivity contribution in [2.45, 2.75) is 5.41 Å². The predicted octanol–water partition coefficient (Wildman–Crippen LogP) is 8.03. The minimum absolute atomic E-state index is 0.454. The lowest BCUT2D eigenvalue weighted by Gasteiger charge is -2.34. The lowest BCUT2D eigenvalue weighted by atomic mass is 9.67. The van der Waals surface area contributed by atoms with Crippen LogP contribution in [0.15, 0.2) is 152 Å². The number of fused-ring (bicyclic) bond motifs is 3. The maximum Gasteiger partial charge on any atom is 0.182 e. The topological polar surface area (TPSA) is 64.5 Å². The Morgan fingerprint density at radius 3 is 1.37 bits per heavy atom. The second-order valence-electron chi connectivity index (χ2n) is 10.5. The van der Waals surface area contributed by atoms with Crippen molar-refractivity contribution in [2.75, 3.05) is 0 Å². The second kappa shape index (κ2) is 10.2. The first-order valence-electron chi connectivity index (χ1n) is 14.3. The van der Waals surface area contributed by atoms with Gasteiger partial charge in [0.15, 0.2) is 17.5 Å². The largest absolute Gasteiger partial charge is 0.253 e. The van der Waals surface area contributed by atoms with Crippen LogP contribution in [0.3, 0.4) is 0 Å². The Labute approximate surface area is 249 Å². The van der Waals surface area contributed by atoms with Crippen molar-refractivity contribution in [3.8, 4) is 45.6 Å². The van der Waals surface area contributed by atoms with Crippen molar-refractivity contribution < 1.29 is 0 Å². The molecule has 5 heteroatoms. The minimum Gasteiger partial charge on any atom is -0.253 e. The molecule has 43 heavy (non-hydrogen) atoms. The summed E-state index contributed by atoms with van der Waals surface area (Å²) in [5, 5.41) is 0. The lowest BCUT2D eigenvalue weighted by Crippen LogP contribution is -2.28. The highest BCUT2D eigenvalue weighted by molar-refractivity contribution is 5.86. The monoisotopic (exact) mass is 551 g/mol.